The molecule has 0 atom stereocenters. The maximum Gasteiger partial charge on any atom is 0.226 e. The Hall–Kier alpha value is -1.02. The van der Waals surface area contributed by atoms with Crippen molar-refractivity contribution >= 4 is 17.5 Å². The van der Waals surface area contributed by atoms with Crippen molar-refractivity contribution < 1.29 is 4.79 Å². The van der Waals surface area contributed by atoms with E-state index in [1.807, 2.05) is 29.2 Å². The first-order chi connectivity index (χ1) is 7.79. The third-order valence-corrected chi connectivity index (χ3v) is 3.30. The van der Waals surface area contributed by atoms with Gasteiger partial charge >= 0.3 is 0 Å². The highest BCUT2D eigenvalue weighted by Crippen LogP contribution is 2.12. The van der Waals surface area contributed by atoms with Gasteiger partial charge in [0.25, 0.3) is 0 Å². The van der Waals surface area contributed by atoms with Crippen molar-refractivity contribution in [3.05, 3.63) is 35.4 Å². The quantitative estimate of drug-likeness (QED) is 0.740. The highest BCUT2D eigenvalue weighted by molar-refractivity contribution is 6.17. The van der Waals surface area contributed by atoms with Crippen LogP contribution in [0.4, 0.5) is 0 Å². The summed E-state index contributed by atoms with van der Waals surface area (Å²) in [6.45, 7) is 1.86. The Balaban J connectivity index is 1.94. The monoisotopic (exact) mass is 237 g/mol. The molecule has 86 valence electrons. The van der Waals surface area contributed by atoms with E-state index in [2.05, 4.69) is 0 Å². The number of alkyl halides is 1. The van der Waals surface area contributed by atoms with E-state index < -0.39 is 0 Å². The van der Waals surface area contributed by atoms with E-state index in [-0.39, 0.29) is 5.91 Å². The molecule has 0 saturated carbocycles. The number of halogens is 1. The van der Waals surface area contributed by atoms with E-state index >= 15 is 0 Å². The molecule has 0 bridgehead atoms. The Bertz CT molecular complexity index is 355. The first-order valence-electron chi connectivity index (χ1n) is 5.71. The third kappa shape index (κ3) is 2.76. The van der Waals surface area contributed by atoms with Gasteiger partial charge in [0.1, 0.15) is 0 Å². The molecule has 1 aromatic rings. The van der Waals surface area contributed by atoms with Crippen molar-refractivity contribution in [2.75, 3.05) is 13.1 Å². The summed E-state index contributed by atoms with van der Waals surface area (Å²) in [5.41, 5.74) is 2.17. The van der Waals surface area contributed by atoms with Crippen LogP contribution in [0.5, 0.6) is 0 Å². The van der Waals surface area contributed by atoms with Gasteiger partial charge in [-0.3, -0.25) is 4.79 Å². The van der Waals surface area contributed by atoms with Gasteiger partial charge < -0.3 is 4.90 Å². The van der Waals surface area contributed by atoms with Crippen LogP contribution < -0.4 is 0 Å². The summed E-state index contributed by atoms with van der Waals surface area (Å²) in [7, 11) is 0. The SMILES string of the molecule is O=C(Cc1ccc(CCl)cc1)N1CCCC1. The van der Waals surface area contributed by atoms with Crippen LogP contribution in [0.25, 0.3) is 0 Å². The summed E-state index contributed by atoms with van der Waals surface area (Å²) < 4.78 is 0. The second-order valence-corrected chi connectivity index (χ2v) is 4.48. The van der Waals surface area contributed by atoms with Gasteiger partial charge in [0.15, 0.2) is 0 Å². The Morgan fingerprint density at radius 1 is 1.12 bits per heavy atom. The van der Waals surface area contributed by atoms with Gasteiger partial charge in [-0.1, -0.05) is 24.3 Å². The summed E-state index contributed by atoms with van der Waals surface area (Å²) in [5, 5.41) is 0. The van der Waals surface area contributed by atoms with Crippen LogP contribution in [0, 0.1) is 0 Å². The molecule has 1 aliphatic rings. The standard InChI is InChI=1S/C13H16ClNO/c14-10-12-5-3-11(4-6-12)9-13(16)15-7-1-2-8-15/h3-6H,1-2,7-10H2. The number of carbonyl (C=O) groups excluding carboxylic acids is 1. The van der Waals surface area contributed by atoms with Crippen LogP contribution in [0.2, 0.25) is 0 Å². The number of benzene rings is 1. The molecule has 2 rings (SSSR count). The van der Waals surface area contributed by atoms with Crippen molar-refractivity contribution in [2.45, 2.75) is 25.1 Å². The van der Waals surface area contributed by atoms with Crippen LogP contribution in [0.15, 0.2) is 24.3 Å². The third-order valence-electron chi connectivity index (χ3n) is 2.99. The van der Waals surface area contributed by atoms with E-state index in [9.17, 15) is 4.79 Å². The van der Waals surface area contributed by atoms with E-state index in [1.165, 1.54) is 0 Å². The average molecular weight is 238 g/mol. The lowest BCUT2D eigenvalue weighted by Gasteiger charge is -2.15. The zero-order valence-electron chi connectivity index (χ0n) is 9.29. The second kappa shape index (κ2) is 5.35. The number of hydrogen-bond donors (Lipinski definition) is 0. The highest BCUT2D eigenvalue weighted by atomic mass is 35.5. The van der Waals surface area contributed by atoms with Crippen molar-refractivity contribution in [1.29, 1.82) is 0 Å². The van der Waals surface area contributed by atoms with Crippen LogP contribution in [-0.4, -0.2) is 23.9 Å². The van der Waals surface area contributed by atoms with Crippen LogP contribution in [0.3, 0.4) is 0 Å². The summed E-state index contributed by atoms with van der Waals surface area (Å²) in [6, 6.07) is 7.95. The Morgan fingerprint density at radius 2 is 1.69 bits per heavy atom. The molecule has 0 unspecified atom stereocenters. The Labute approximate surface area is 101 Å². The molecule has 3 heteroatoms. The fourth-order valence-corrected chi connectivity index (χ4v) is 2.18. The van der Waals surface area contributed by atoms with Gasteiger partial charge in [0.2, 0.25) is 5.91 Å². The molecule has 1 fully saturated rings. The van der Waals surface area contributed by atoms with Crippen LogP contribution in [-0.2, 0) is 17.1 Å². The lowest BCUT2D eigenvalue weighted by Crippen LogP contribution is -2.29. The van der Waals surface area contributed by atoms with Crippen molar-refractivity contribution in [2.24, 2.45) is 0 Å². The molecule has 1 heterocycles. The number of likely N-dealkylation sites (tertiary alicyclic amines) is 1. The lowest BCUT2D eigenvalue weighted by molar-refractivity contribution is -0.129. The molecule has 1 aromatic carbocycles. The maximum atomic E-state index is 11.9. The minimum Gasteiger partial charge on any atom is -0.342 e. The molecular formula is C13H16ClNO. The minimum absolute atomic E-state index is 0.246. The predicted octanol–water partition coefficient (Wildman–Crippen LogP) is 2.59. The van der Waals surface area contributed by atoms with Crippen molar-refractivity contribution in [1.82, 2.24) is 4.90 Å². The summed E-state index contributed by atoms with van der Waals surface area (Å²) in [4.78, 5) is 13.8. The number of carbonyl (C=O) groups is 1. The normalized spacial score (nSPS) is 15.4. The zero-order chi connectivity index (χ0) is 11.4. The molecule has 1 amide bonds. The molecule has 16 heavy (non-hydrogen) atoms. The van der Waals surface area contributed by atoms with Gasteiger partial charge in [-0.2, -0.15) is 0 Å². The molecule has 0 aromatic heterocycles. The maximum absolute atomic E-state index is 11.9. The van der Waals surface area contributed by atoms with E-state index in [1.54, 1.807) is 0 Å². The minimum atomic E-state index is 0.246. The molecule has 1 aliphatic heterocycles. The smallest absolute Gasteiger partial charge is 0.226 e. The van der Waals surface area contributed by atoms with Gasteiger partial charge in [-0.15, -0.1) is 11.6 Å². The van der Waals surface area contributed by atoms with Gasteiger partial charge in [0.05, 0.1) is 6.42 Å². The fraction of sp³-hybridized carbons (Fsp3) is 0.462. The molecule has 0 aliphatic carbocycles. The zero-order valence-corrected chi connectivity index (χ0v) is 10.0. The van der Waals surface area contributed by atoms with Gasteiger partial charge in [-0.25, -0.2) is 0 Å². The number of rotatable bonds is 3. The average Bonchev–Trinajstić information content (AvgIpc) is 2.83. The largest absolute Gasteiger partial charge is 0.342 e. The molecule has 0 spiro atoms. The predicted molar refractivity (Wildman–Crippen MR) is 65.5 cm³/mol. The molecule has 0 N–H and O–H groups in total. The lowest BCUT2D eigenvalue weighted by atomic mass is 10.1. The van der Waals surface area contributed by atoms with E-state index in [0.29, 0.717) is 12.3 Å². The molecule has 0 radical (unpaired) electrons. The van der Waals surface area contributed by atoms with Gasteiger partial charge in [0, 0.05) is 19.0 Å². The van der Waals surface area contributed by atoms with E-state index in [4.69, 9.17) is 11.6 Å². The summed E-state index contributed by atoms with van der Waals surface area (Å²) >= 11 is 5.71. The van der Waals surface area contributed by atoms with Crippen LogP contribution >= 0.6 is 11.6 Å². The number of nitrogens with zero attached hydrogens (tertiary/aromatic N) is 1. The van der Waals surface area contributed by atoms with E-state index in [0.717, 1.165) is 37.1 Å². The summed E-state index contributed by atoms with van der Waals surface area (Å²) in [6.07, 6.45) is 2.82. The van der Waals surface area contributed by atoms with Gasteiger partial charge in [-0.05, 0) is 24.0 Å². The molecule has 2 nitrogen and oxygen atoms in total. The highest BCUT2D eigenvalue weighted by Gasteiger charge is 2.17. The van der Waals surface area contributed by atoms with Crippen molar-refractivity contribution in [3.8, 4) is 0 Å². The first kappa shape index (κ1) is 11.5. The summed E-state index contributed by atoms with van der Waals surface area (Å²) in [5.74, 6) is 0.775. The Morgan fingerprint density at radius 3 is 2.25 bits per heavy atom. The topological polar surface area (TPSA) is 20.3 Å². The Kier molecular flexibility index (Phi) is 3.83. The fourth-order valence-electron chi connectivity index (χ4n) is 2.00. The number of hydrogen-bond acceptors (Lipinski definition) is 1. The second-order valence-electron chi connectivity index (χ2n) is 4.21. The van der Waals surface area contributed by atoms with Crippen LogP contribution in [0.1, 0.15) is 24.0 Å². The first-order valence-corrected chi connectivity index (χ1v) is 6.24. The molecule has 1 saturated heterocycles. The molecular weight excluding hydrogens is 222 g/mol. The van der Waals surface area contributed by atoms with Crippen molar-refractivity contribution in [3.63, 3.8) is 0 Å². The number of amides is 1.